The van der Waals surface area contributed by atoms with E-state index in [9.17, 15) is 5.11 Å². The summed E-state index contributed by atoms with van der Waals surface area (Å²) in [6.07, 6.45) is 21.7. The van der Waals surface area contributed by atoms with Crippen LogP contribution in [0.1, 0.15) is 80.3 Å². The van der Waals surface area contributed by atoms with Gasteiger partial charge in [-0.15, -0.1) is 11.3 Å². The predicted octanol–water partition coefficient (Wildman–Crippen LogP) is 8.16. The van der Waals surface area contributed by atoms with Gasteiger partial charge in [-0.25, -0.2) is 4.98 Å². The number of aromatic nitrogens is 1. The summed E-state index contributed by atoms with van der Waals surface area (Å²) in [6, 6.07) is 0. The molecule has 0 amide bonds. The summed E-state index contributed by atoms with van der Waals surface area (Å²) in [6.45, 7) is 16.8. The topological polar surface area (TPSA) is 57.6 Å². The Bertz CT molecular complexity index is 910. The molecule has 2 unspecified atom stereocenters. The molecule has 0 aromatic carbocycles. The zero-order chi connectivity index (χ0) is 28.9. The third-order valence-corrected chi connectivity index (χ3v) is 7.63. The molecule has 1 aromatic rings. The Kier molecular flexibility index (Phi) is 22.5. The van der Waals surface area contributed by atoms with Crippen LogP contribution in [0.15, 0.2) is 65.1 Å². The number of methoxy groups -OCH3 is 1. The number of thiazole rings is 1. The first-order chi connectivity index (χ1) is 19.1. The summed E-state index contributed by atoms with van der Waals surface area (Å²) in [4.78, 5) is 7.38. The molecule has 2 heterocycles. The molecule has 228 valence electrons. The molecule has 6 heteroatoms. The van der Waals surface area contributed by atoms with E-state index in [1.165, 1.54) is 11.1 Å². The monoisotopic (exact) mass is 573 g/mol. The van der Waals surface area contributed by atoms with E-state index in [-0.39, 0.29) is 13.5 Å². The molecule has 2 aliphatic rings. The maximum Gasteiger partial charge on any atom is 0.185 e. The van der Waals surface area contributed by atoms with Crippen molar-refractivity contribution >= 4 is 16.5 Å². The molecule has 1 aliphatic carbocycles. The molecular weight excluding hydrogens is 514 g/mol. The molecule has 40 heavy (non-hydrogen) atoms. The first-order valence-electron chi connectivity index (χ1n) is 15.0. The zero-order valence-corrected chi connectivity index (χ0v) is 26.5. The predicted molar refractivity (Wildman–Crippen MR) is 179 cm³/mol. The number of allylic oxidation sites excluding steroid dienone is 6. The Morgan fingerprint density at radius 2 is 1.82 bits per heavy atom. The van der Waals surface area contributed by atoms with E-state index in [4.69, 9.17) is 9.72 Å². The van der Waals surface area contributed by atoms with Crippen LogP contribution < -0.4 is 10.2 Å². The van der Waals surface area contributed by atoms with Crippen LogP contribution in [0.4, 0.5) is 5.13 Å². The molecule has 1 aliphatic heterocycles. The molecular formula is C34H59N3O2S. The lowest BCUT2D eigenvalue weighted by Crippen LogP contribution is -2.35. The Labute approximate surface area is 250 Å². The van der Waals surface area contributed by atoms with Gasteiger partial charge in [0.15, 0.2) is 5.13 Å². The highest BCUT2D eigenvalue weighted by Crippen LogP contribution is 2.30. The van der Waals surface area contributed by atoms with E-state index in [0.29, 0.717) is 18.4 Å². The van der Waals surface area contributed by atoms with E-state index < -0.39 is 0 Å². The fraction of sp³-hybridized carbons (Fsp3) is 0.618. The average Bonchev–Trinajstić information content (AvgIpc) is 3.46. The van der Waals surface area contributed by atoms with E-state index in [1.807, 2.05) is 39.8 Å². The van der Waals surface area contributed by atoms with E-state index in [0.717, 1.165) is 69.1 Å². The number of rotatable bonds is 13. The van der Waals surface area contributed by atoms with E-state index in [2.05, 4.69) is 65.9 Å². The fourth-order valence-corrected chi connectivity index (χ4v) is 5.61. The lowest BCUT2D eigenvalue weighted by atomic mass is 9.84. The SMILES string of the molecule is C.C/C=C\C(C)CN(CC1=CC=C(C(O)C2CCNCC2)CC1)c1nc(C/C=C\C=C/COC)cs1.CC.CC. The summed E-state index contributed by atoms with van der Waals surface area (Å²) in [5, 5.41) is 17.5. The Morgan fingerprint density at radius 3 is 2.45 bits per heavy atom. The molecule has 1 saturated heterocycles. The summed E-state index contributed by atoms with van der Waals surface area (Å²) in [5.74, 6) is 0.851. The number of nitrogens with zero attached hydrogens (tertiary/aromatic N) is 2. The second-order valence-corrected chi connectivity index (χ2v) is 10.5. The van der Waals surface area contributed by atoms with Crippen LogP contribution in [-0.2, 0) is 11.2 Å². The van der Waals surface area contributed by atoms with E-state index in [1.54, 1.807) is 18.4 Å². The third-order valence-electron chi connectivity index (χ3n) is 6.68. The van der Waals surface area contributed by atoms with Crippen LogP contribution in [0.5, 0.6) is 0 Å². The number of nitrogens with one attached hydrogen (secondary N) is 1. The number of piperidine rings is 1. The molecule has 2 N–H and O–H groups in total. The van der Waals surface area contributed by atoms with Crippen LogP contribution in [0.25, 0.3) is 0 Å². The maximum atomic E-state index is 10.9. The standard InChI is InChI=1S/C29H43N3O2S.2C2H6.CH4/c1-4-9-23(2)20-32(29-31-27(22-35-29)10-7-5-6-8-19-34-3)21-24-11-13-25(14-12-24)28(33)26-15-17-30-18-16-26;2*1-2;/h4-9,11,13,22-23,26,28,30,33H,10,12,14-21H2,1-3H3;2*1-2H3;1H4/b7-5-,8-6-,9-4-;;;. The number of aliphatic hydroxyl groups excluding tert-OH is 1. The van der Waals surface area contributed by atoms with Crippen molar-refractivity contribution in [1.82, 2.24) is 10.3 Å². The molecule has 0 bridgehead atoms. The van der Waals surface area contributed by atoms with Gasteiger partial charge < -0.3 is 20.1 Å². The minimum absolute atomic E-state index is 0. The smallest absolute Gasteiger partial charge is 0.185 e. The van der Waals surface area contributed by atoms with Crippen molar-refractivity contribution in [2.45, 2.75) is 87.2 Å². The van der Waals surface area contributed by atoms with Gasteiger partial charge in [0, 0.05) is 32.0 Å². The second kappa shape index (κ2) is 23.7. The third kappa shape index (κ3) is 14.1. The van der Waals surface area contributed by atoms with Crippen molar-refractivity contribution in [3.63, 3.8) is 0 Å². The van der Waals surface area contributed by atoms with Crippen molar-refractivity contribution in [1.29, 1.82) is 0 Å². The van der Waals surface area contributed by atoms with Gasteiger partial charge in [0.1, 0.15) is 0 Å². The summed E-state index contributed by atoms with van der Waals surface area (Å²) >= 11 is 1.73. The van der Waals surface area contributed by atoms with Crippen LogP contribution in [0.2, 0.25) is 0 Å². The van der Waals surface area contributed by atoms with Crippen molar-refractivity contribution in [3.05, 3.63) is 70.8 Å². The number of ether oxygens (including phenoxy) is 1. The Balaban J connectivity index is 0.00000291. The van der Waals surface area contributed by atoms with Crippen molar-refractivity contribution in [2.75, 3.05) is 44.8 Å². The lowest BCUT2D eigenvalue weighted by Gasteiger charge is -2.31. The minimum atomic E-state index is -0.292. The quantitative estimate of drug-likeness (QED) is 0.184. The fourth-order valence-electron chi connectivity index (χ4n) is 4.76. The number of hydrogen-bond acceptors (Lipinski definition) is 6. The molecule has 0 radical (unpaired) electrons. The van der Waals surface area contributed by atoms with Crippen LogP contribution >= 0.6 is 11.3 Å². The highest BCUT2D eigenvalue weighted by atomic mass is 32.1. The zero-order valence-electron chi connectivity index (χ0n) is 25.7. The van der Waals surface area contributed by atoms with Gasteiger partial charge >= 0.3 is 0 Å². The van der Waals surface area contributed by atoms with Gasteiger partial charge in [0.2, 0.25) is 0 Å². The van der Waals surface area contributed by atoms with Crippen molar-refractivity contribution in [3.8, 4) is 0 Å². The van der Waals surface area contributed by atoms with Gasteiger partial charge in [0.05, 0.1) is 18.4 Å². The van der Waals surface area contributed by atoms with Crippen molar-refractivity contribution in [2.24, 2.45) is 11.8 Å². The summed E-state index contributed by atoms with van der Waals surface area (Å²) < 4.78 is 5.03. The van der Waals surface area contributed by atoms with Gasteiger partial charge in [-0.3, -0.25) is 0 Å². The number of aliphatic hydroxyl groups is 1. The Hall–Kier alpha value is -1.99. The van der Waals surface area contributed by atoms with Crippen LogP contribution in [0, 0.1) is 11.8 Å². The molecule has 0 spiro atoms. The van der Waals surface area contributed by atoms with Gasteiger partial charge in [-0.1, -0.05) is 96.2 Å². The molecule has 3 rings (SSSR count). The number of hydrogen-bond donors (Lipinski definition) is 2. The maximum absolute atomic E-state index is 10.9. The van der Waals surface area contributed by atoms with Crippen molar-refractivity contribution < 1.29 is 9.84 Å². The number of anilines is 1. The van der Waals surface area contributed by atoms with Gasteiger partial charge in [-0.05, 0) is 63.1 Å². The first-order valence-corrected chi connectivity index (χ1v) is 15.9. The Morgan fingerprint density at radius 1 is 1.12 bits per heavy atom. The largest absolute Gasteiger partial charge is 0.388 e. The highest BCUT2D eigenvalue weighted by Gasteiger charge is 2.26. The van der Waals surface area contributed by atoms with Gasteiger partial charge in [-0.2, -0.15) is 0 Å². The molecule has 1 aromatic heterocycles. The normalized spacial score (nSPS) is 17.3. The van der Waals surface area contributed by atoms with Gasteiger partial charge in [0.25, 0.3) is 0 Å². The van der Waals surface area contributed by atoms with Crippen LogP contribution in [-0.4, -0.2) is 56.1 Å². The second-order valence-electron chi connectivity index (χ2n) is 9.62. The summed E-state index contributed by atoms with van der Waals surface area (Å²) in [7, 11) is 1.70. The first kappa shape index (κ1) is 38.0. The lowest BCUT2D eigenvalue weighted by molar-refractivity contribution is 0.116. The van der Waals surface area contributed by atoms with E-state index >= 15 is 0 Å². The minimum Gasteiger partial charge on any atom is -0.388 e. The average molecular weight is 574 g/mol. The molecule has 2 atom stereocenters. The van der Waals surface area contributed by atoms with Crippen LogP contribution in [0.3, 0.4) is 0 Å². The summed E-state index contributed by atoms with van der Waals surface area (Å²) in [5.41, 5.74) is 3.73. The highest BCUT2D eigenvalue weighted by molar-refractivity contribution is 7.13. The molecule has 0 saturated carbocycles. The molecule has 5 nitrogen and oxygen atoms in total. The molecule has 1 fully saturated rings.